The molecule has 0 aliphatic rings. The van der Waals surface area contributed by atoms with Crippen LogP contribution < -0.4 is 0 Å². The van der Waals surface area contributed by atoms with Gasteiger partial charge in [0.05, 0.1) is 0 Å². The lowest BCUT2D eigenvalue weighted by Gasteiger charge is -1.98. The van der Waals surface area contributed by atoms with Gasteiger partial charge in [0.1, 0.15) is 0 Å². The topological polar surface area (TPSA) is 0 Å². The first-order chi connectivity index (χ1) is 6.22. The summed E-state index contributed by atoms with van der Waals surface area (Å²) < 4.78 is 0. The minimum absolute atomic E-state index is 0.935. The van der Waals surface area contributed by atoms with Gasteiger partial charge in [0.2, 0.25) is 0 Å². The molecule has 0 aliphatic carbocycles. The van der Waals surface area contributed by atoms with Crippen LogP contribution >= 0.6 is 0 Å². The summed E-state index contributed by atoms with van der Waals surface area (Å²) >= 11 is 0. The third-order valence-corrected chi connectivity index (χ3v) is 2.60. The first-order valence-electron chi connectivity index (χ1n) is 6.22. The van der Waals surface area contributed by atoms with E-state index in [1.165, 1.54) is 44.9 Å². The highest BCUT2D eigenvalue weighted by atomic mass is 13.9. The van der Waals surface area contributed by atoms with Crippen molar-refractivity contribution in [2.24, 2.45) is 5.92 Å². The zero-order valence-corrected chi connectivity index (χ0v) is 10.5. The van der Waals surface area contributed by atoms with E-state index in [1.807, 2.05) is 0 Å². The molecule has 0 rings (SSSR count). The number of hydrogen-bond acceptors (Lipinski definition) is 0. The van der Waals surface area contributed by atoms with Crippen LogP contribution in [-0.2, 0) is 0 Å². The average Bonchev–Trinajstić information content (AvgIpc) is 2.18. The standard InChI is InChI=1S/C7H16.C6H14/c1-3-5-7-6-4-2;1-4-6(3)5-2/h3-7H2,1-2H3;6H,4-5H2,1-3H3. The number of unbranched alkanes of at least 4 members (excludes halogenated alkanes) is 4. The van der Waals surface area contributed by atoms with Gasteiger partial charge in [0.25, 0.3) is 0 Å². The van der Waals surface area contributed by atoms with Crippen molar-refractivity contribution in [2.45, 2.75) is 79.6 Å². The summed E-state index contributed by atoms with van der Waals surface area (Å²) in [6, 6.07) is 0. The molecule has 0 fully saturated rings. The number of hydrogen-bond donors (Lipinski definition) is 0. The average molecular weight is 186 g/mol. The lowest BCUT2D eigenvalue weighted by Crippen LogP contribution is -1.85. The van der Waals surface area contributed by atoms with Crippen LogP contribution in [-0.4, -0.2) is 0 Å². The summed E-state index contributed by atoms with van der Waals surface area (Å²) in [4.78, 5) is 0. The quantitative estimate of drug-likeness (QED) is 0.486. The molecule has 0 unspecified atom stereocenters. The second-order valence-electron chi connectivity index (χ2n) is 3.98. The van der Waals surface area contributed by atoms with Crippen LogP contribution in [0.3, 0.4) is 0 Å². The zero-order chi connectivity index (χ0) is 10.5. The molecule has 0 saturated heterocycles. The van der Waals surface area contributed by atoms with Gasteiger partial charge in [-0.25, -0.2) is 0 Å². The van der Waals surface area contributed by atoms with Crippen LogP contribution in [0.25, 0.3) is 0 Å². The van der Waals surface area contributed by atoms with Crippen LogP contribution in [0.15, 0.2) is 0 Å². The van der Waals surface area contributed by atoms with Crippen molar-refractivity contribution in [1.29, 1.82) is 0 Å². The first kappa shape index (κ1) is 15.5. The van der Waals surface area contributed by atoms with Crippen molar-refractivity contribution in [2.75, 3.05) is 0 Å². The van der Waals surface area contributed by atoms with E-state index < -0.39 is 0 Å². The molecule has 0 heteroatoms. The van der Waals surface area contributed by atoms with Gasteiger partial charge in [0.15, 0.2) is 0 Å². The van der Waals surface area contributed by atoms with E-state index in [0.717, 1.165) is 5.92 Å². The van der Waals surface area contributed by atoms with Gasteiger partial charge < -0.3 is 0 Å². The fourth-order valence-electron chi connectivity index (χ4n) is 0.965. The second-order valence-corrected chi connectivity index (χ2v) is 3.98. The van der Waals surface area contributed by atoms with Crippen molar-refractivity contribution >= 4 is 0 Å². The second kappa shape index (κ2) is 14.5. The van der Waals surface area contributed by atoms with Crippen molar-refractivity contribution in [1.82, 2.24) is 0 Å². The summed E-state index contributed by atoms with van der Waals surface area (Å²) in [7, 11) is 0. The van der Waals surface area contributed by atoms with E-state index in [-0.39, 0.29) is 0 Å². The normalized spacial score (nSPS) is 9.69. The zero-order valence-electron chi connectivity index (χ0n) is 10.5. The van der Waals surface area contributed by atoms with E-state index in [4.69, 9.17) is 0 Å². The summed E-state index contributed by atoms with van der Waals surface area (Å²) in [6.45, 7) is 11.2. The van der Waals surface area contributed by atoms with Gasteiger partial charge in [-0.15, -0.1) is 0 Å². The molecular formula is C13H30. The molecule has 0 aromatic rings. The Morgan fingerprint density at radius 1 is 0.692 bits per heavy atom. The van der Waals surface area contributed by atoms with E-state index in [9.17, 15) is 0 Å². The Bertz CT molecular complexity index is 58.4. The van der Waals surface area contributed by atoms with Crippen LogP contribution in [0, 0.1) is 5.92 Å². The Hall–Kier alpha value is 0. The van der Waals surface area contributed by atoms with Crippen LogP contribution in [0.1, 0.15) is 79.6 Å². The Morgan fingerprint density at radius 2 is 1.08 bits per heavy atom. The maximum absolute atomic E-state index is 2.28. The fourth-order valence-corrected chi connectivity index (χ4v) is 0.965. The van der Waals surface area contributed by atoms with Crippen LogP contribution in [0.5, 0.6) is 0 Å². The van der Waals surface area contributed by atoms with Crippen LogP contribution in [0.4, 0.5) is 0 Å². The molecule has 0 heterocycles. The van der Waals surface area contributed by atoms with E-state index >= 15 is 0 Å². The summed E-state index contributed by atoms with van der Waals surface area (Å²) in [5.41, 5.74) is 0. The third kappa shape index (κ3) is 18.8. The molecule has 0 nitrogen and oxygen atoms in total. The largest absolute Gasteiger partial charge is 0.0654 e. The third-order valence-electron chi connectivity index (χ3n) is 2.60. The maximum Gasteiger partial charge on any atom is -0.0448 e. The lowest BCUT2D eigenvalue weighted by atomic mass is 10.1. The predicted octanol–water partition coefficient (Wildman–Crippen LogP) is 5.42. The predicted molar refractivity (Wildman–Crippen MR) is 64.2 cm³/mol. The molecule has 0 saturated carbocycles. The van der Waals surface area contributed by atoms with Gasteiger partial charge in [-0.3, -0.25) is 0 Å². The highest BCUT2D eigenvalue weighted by molar-refractivity contribution is 4.41. The van der Waals surface area contributed by atoms with E-state index in [1.54, 1.807) is 0 Å². The van der Waals surface area contributed by atoms with E-state index in [0.29, 0.717) is 0 Å². The number of rotatable bonds is 6. The van der Waals surface area contributed by atoms with Gasteiger partial charge in [-0.05, 0) is 5.92 Å². The van der Waals surface area contributed by atoms with Crippen molar-refractivity contribution < 1.29 is 0 Å². The molecule has 13 heavy (non-hydrogen) atoms. The molecule has 0 N–H and O–H groups in total. The summed E-state index contributed by atoms with van der Waals surface area (Å²) in [5.74, 6) is 0.935. The molecule has 0 radical (unpaired) electrons. The highest BCUT2D eigenvalue weighted by Gasteiger charge is 1.88. The molecule has 0 amide bonds. The van der Waals surface area contributed by atoms with Gasteiger partial charge in [-0.2, -0.15) is 0 Å². The summed E-state index contributed by atoms with van der Waals surface area (Å²) in [5, 5.41) is 0. The first-order valence-corrected chi connectivity index (χ1v) is 6.22. The maximum atomic E-state index is 2.28. The van der Waals surface area contributed by atoms with Crippen molar-refractivity contribution in [3.8, 4) is 0 Å². The fraction of sp³-hybridized carbons (Fsp3) is 1.00. The van der Waals surface area contributed by atoms with Crippen LogP contribution in [0.2, 0.25) is 0 Å². The Kier molecular flexibility index (Phi) is 17.3. The molecule has 0 aromatic heterocycles. The Morgan fingerprint density at radius 3 is 1.23 bits per heavy atom. The molecular weight excluding hydrogens is 156 g/mol. The Labute approximate surface area is 86.1 Å². The van der Waals surface area contributed by atoms with Gasteiger partial charge >= 0.3 is 0 Å². The lowest BCUT2D eigenvalue weighted by molar-refractivity contribution is 0.544. The molecule has 0 bridgehead atoms. The van der Waals surface area contributed by atoms with E-state index in [2.05, 4.69) is 34.6 Å². The summed E-state index contributed by atoms with van der Waals surface area (Å²) in [6.07, 6.45) is 9.67. The van der Waals surface area contributed by atoms with Gasteiger partial charge in [0, 0.05) is 0 Å². The smallest absolute Gasteiger partial charge is 0.0448 e. The molecule has 0 aliphatic heterocycles. The SMILES string of the molecule is CCC(C)CC.CCCCCCC. The minimum atomic E-state index is 0.935. The Balaban J connectivity index is 0. The molecule has 82 valence electrons. The monoisotopic (exact) mass is 186 g/mol. The highest BCUT2D eigenvalue weighted by Crippen LogP contribution is 2.02. The molecule has 0 atom stereocenters. The van der Waals surface area contributed by atoms with Crippen molar-refractivity contribution in [3.63, 3.8) is 0 Å². The van der Waals surface area contributed by atoms with Gasteiger partial charge in [-0.1, -0.05) is 79.6 Å². The molecule has 0 spiro atoms. The molecule has 0 aromatic carbocycles. The minimum Gasteiger partial charge on any atom is -0.0654 e. The van der Waals surface area contributed by atoms with Crippen molar-refractivity contribution in [3.05, 3.63) is 0 Å².